The molecule has 0 unspecified atom stereocenters. The molecule has 0 amide bonds. The van der Waals surface area contributed by atoms with Crippen molar-refractivity contribution in [3.63, 3.8) is 0 Å². The lowest BCUT2D eigenvalue weighted by atomic mass is 10.2. The summed E-state index contributed by atoms with van der Waals surface area (Å²) in [7, 11) is 3.19. The molecule has 8 nitrogen and oxygen atoms in total. The fourth-order valence-electron chi connectivity index (χ4n) is 3.16. The van der Waals surface area contributed by atoms with Gasteiger partial charge in [-0.25, -0.2) is 9.97 Å². The maximum atomic E-state index is 8.68. The van der Waals surface area contributed by atoms with Crippen molar-refractivity contribution in [2.75, 3.05) is 51.8 Å². The highest BCUT2D eigenvalue weighted by atomic mass is 16.5. The van der Waals surface area contributed by atoms with Crippen LogP contribution in [0.3, 0.4) is 0 Å². The van der Waals surface area contributed by atoms with Crippen molar-refractivity contribution in [3.05, 3.63) is 30.6 Å². The maximum absolute atomic E-state index is 8.68. The lowest BCUT2D eigenvalue weighted by molar-refractivity contribution is 0.254. The van der Waals surface area contributed by atoms with Crippen LogP contribution in [0.25, 0.3) is 0 Å². The lowest BCUT2D eigenvalue weighted by Crippen LogP contribution is -2.47. The zero-order valence-corrected chi connectivity index (χ0v) is 16.3. The second-order valence-corrected chi connectivity index (χ2v) is 6.39. The fourth-order valence-corrected chi connectivity index (χ4v) is 3.16. The van der Waals surface area contributed by atoms with Gasteiger partial charge in [-0.1, -0.05) is 0 Å². The molecular weight excluding hydrogens is 358 g/mol. The Labute approximate surface area is 165 Å². The van der Waals surface area contributed by atoms with Crippen LogP contribution in [0.5, 0.6) is 23.1 Å². The predicted molar refractivity (Wildman–Crippen MR) is 105 cm³/mol. The molecule has 0 saturated carbocycles. The van der Waals surface area contributed by atoms with E-state index in [-0.39, 0.29) is 0 Å². The van der Waals surface area contributed by atoms with E-state index in [4.69, 9.17) is 19.5 Å². The summed E-state index contributed by atoms with van der Waals surface area (Å²) in [4.78, 5) is 13.4. The Morgan fingerprint density at radius 2 is 1.79 bits per heavy atom. The number of methoxy groups -OCH3 is 2. The van der Waals surface area contributed by atoms with Crippen molar-refractivity contribution in [1.29, 1.82) is 5.26 Å². The van der Waals surface area contributed by atoms with Crippen LogP contribution < -0.4 is 19.1 Å². The summed E-state index contributed by atoms with van der Waals surface area (Å²) in [5.41, 5.74) is 0. The molecule has 2 heterocycles. The van der Waals surface area contributed by atoms with Gasteiger partial charge in [-0.2, -0.15) is 5.26 Å². The minimum Gasteiger partial charge on any atom is -0.493 e. The van der Waals surface area contributed by atoms with Gasteiger partial charge in [0.05, 0.1) is 20.3 Å². The molecule has 2 aromatic rings. The van der Waals surface area contributed by atoms with E-state index in [1.807, 2.05) is 6.07 Å². The third-order valence-electron chi connectivity index (χ3n) is 4.65. The fraction of sp³-hybridized carbons (Fsp3) is 0.450. The molecule has 0 bridgehead atoms. The Morgan fingerprint density at radius 1 is 1.04 bits per heavy atom. The molecule has 8 heteroatoms. The van der Waals surface area contributed by atoms with Crippen molar-refractivity contribution in [2.45, 2.75) is 12.8 Å². The van der Waals surface area contributed by atoms with E-state index < -0.39 is 0 Å². The minimum atomic E-state index is 0.465. The van der Waals surface area contributed by atoms with Gasteiger partial charge in [-0.3, -0.25) is 4.90 Å². The molecule has 1 aromatic carbocycles. The molecule has 1 aliphatic rings. The molecule has 0 aliphatic carbocycles. The van der Waals surface area contributed by atoms with Gasteiger partial charge >= 0.3 is 0 Å². The highest BCUT2D eigenvalue weighted by Gasteiger charge is 2.22. The van der Waals surface area contributed by atoms with Gasteiger partial charge in [0.2, 0.25) is 0 Å². The molecule has 148 valence electrons. The summed E-state index contributed by atoms with van der Waals surface area (Å²) in [6, 6.07) is 7.58. The van der Waals surface area contributed by atoms with Crippen molar-refractivity contribution < 1.29 is 14.2 Å². The topological polar surface area (TPSA) is 83.7 Å². The average molecular weight is 383 g/mol. The maximum Gasteiger partial charge on any atom is 0.263 e. The molecule has 0 radical (unpaired) electrons. The Bertz CT molecular complexity index is 816. The number of ether oxygens (including phenoxy) is 3. The molecule has 28 heavy (non-hydrogen) atoms. The predicted octanol–water partition coefficient (Wildman–Crippen LogP) is 2.71. The van der Waals surface area contributed by atoms with Crippen LogP contribution in [0.2, 0.25) is 0 Å². The van der Waals surface area contributed by atoms with Gasteiger partial charge < -0.3 is 19.1 Å². The number of benzene rings is 1. The first-order valence-electron chi connectivity index (χ1n) is 9.30. The number of rotatable bonds is 8. The second kappa shape index (κ2) is 9.76. The Morgan fingerprint density at radius 3 is 2.50 bits per heavy atom. The van der Waals surface area contributed by atoms with E-state index in [1.165, 1.54) is 0 Å². The van der Waals surface area contributed by atoms with Crippen LogP contribution in [0.4, 0.5) is 5.82 Å². The number of hydrogen-bond donors (Lipinski definition) is 0. The van der Waals surface area contributed by atoms with Crippen molar-refractivity contribution in [1.82, 2.24) is 14.9 Å². The Hall–Kier alpha value is -3.05. The van der Waals surface area contributed by atoms with Crippen LogP contribution in [-0.2, 0) is 0 Å². The highest BCUT2D eigenvalue weighted by molar-refractivity contribution is 5.52. The zero-order chi connectivity index (χ0) is 19.8. The van der Waals surface area contributed by atoms with Crippen LogP contribution in [0, 0.1) is 11.3 Å². The average Bonchev–Trinajstić information content (AvgIpc) is 2.75. The molecule has 1 aliphatic heterocycles. The monoisotopic (exact) mass is 383 g/mol. The largest absolute Gasteiger partial charge is 0.493 e. The summed E-state index contributed by atoms with van der Waals surface area (Å²) in [5.74, 6) is 3.04. The van der Waals surface area contributed by atoms with E-state index >= 15 is 0 Å². The standard InChI is InChI=1S/C20H25N5O3/c1-26-17-6-5-16(15-18(17)27-2)28-20-19(22-8-9-23-20)25-13-11-24(12-14-25)10-4-3-7-21/h5-6,8-9,15H,3-4,10-14H2,1-2H3. The van der Waals surface area contributed by atoms with E-state index in [2.05, 4.69) is 25.8 Å². The number of piperazine rings is 1. The summed E-state index contributed by atoms with van der Waals surface area (Å²) >= 11 is 0. The third kappa shape index (κ3) is 4.81. The van der Waals surface area contributed by atoms with E-state index in [1.54, 1.807) is 38.7 Å². The van der Waals surface area contributed by atoms with E-state index in [9.17, 15) is 0 Å². The number of unbranched alkanes of at least 4 members (excludes halogenated alkanes) is 1. The number of aromatic nitrogens is 2. The van der Waals surface area contributed by atoms with E-state index in [0.29, 0.717) is 29.5 Å². The highest BCUT2D eigenvalue weighted by Crippen LogP contribution is 2.34. The smallest absolute Gasteiger partial charge is 0.263 e. The van der Waals surface area contributed by atoms with Crippen LogP contribution in [0.15, 0.2) is 30.6 Å². The molecule has 1 aromatic heterocycles. The van der Waals surface area contributed by atoms with Crippen LogP contribution in [0.1, 0.15) is 12.8 Å². The molecular formula is C20H25N5O3. The summed E-state index contributed by atoms with van der Waals surface area (Å²) in [5, 5.41) is 8.68. The van der Waals surface area contributed by atoms with Crippen LogP contribution in [-0.4, -0.2) is 61.8 Å². The Balaban J connectivity index is 1.68. The quantitative estimate of drug-likeness (QED) is 0.644. The SMILES string of the molecule is COc1ccc(Oc2nccnc2N2CCN(CCCC#N)CC2)cc1OC. The van der Waals surface area contributed by atoms with Crippen LogP contribution >= 0.6 is 0 Å². The van der Waals surface area contributed by atoms with Gasteiger partial charge in [0, 0.05) is 51.1 Å². The molecule has 1 fully saturated rings. The zero-order valence-electron chi connectivity index (χ0n) is 16.3. The molecule has 0 atom stereocenters. The summed E-state index contributed by atoms with van der Waals surface area (Å²) < 4.78 is 16.6. The number of nitriles is 1. The summed E-state index contributed by atoms with van der Waals surface area (Å²) in [6.07, 6.45) is 4.82. The second-order valence-electron chi connectivity index (χ2n) is 6.39. The van der Waals surface area contributed by atoms with Crippen molar-refractivity contribution in [3.8, 4) is 29.2 Å². The number of anilines is 1. The molecule has 0 N–H and O–H groups in total. The van der Waals surface area contributed by atoms with Gasteiger partial charge in [0.25, 0.3) is 5.88 Å². The first-order valence-corrected chi connectivity index (χ1v) is 9.30. The molecule has 0 spiro atoms. The molecule has 1 saturated heterocycles. The first kappa shape index (κ1) is 19.7. The van der Waals surface area contributed by atoms with Crippen molar-refractivity contribution in [2.24, 2.45) is 0 Å². The number of hydrogen-bond acceptors (Lipinski definition) is 8. The first-order chi connectivity index (χ1) is 13.7. The van der Waals surface area contributed by atoms with Gasteiger partial charge in [-0.15, -0.1) is 0 Å². The normalized spacial score (nSPS) is 14.4. The van der Waals surface area contributed by atoms with Gasteiger partial charge in [-0.05, 0) is 25.1 Å². The molecule has 3 rings (SSSR count). The number of nitrogens with zero attached hydrogens (tertiary/aromatic N) is 5. The Kier molecular flexibility index (Phi) is 6.87. The van der Waals surface area contributed by atoms with Crippen molar-refractivity contribution >= 4 is 5.82 Å². The van der Waals surface area contributed by atoms with E-state index in [0.717, 1.165) is 45.0 Å². The minimum absolute atomic E-state index is 0.465. The van der Waals surface area contributed by atoms with Gasteiger partial charge in [0.15, 0.2) is 17.3 Å². The third-order valence-corrected chi connectivity index (χ3v) is 4.65. The van der Waals surface area contributed by atoms with Gasteiger partial charge in [0.1, 0.15) is 5.75 Å². The summed E-state index contributed by atoms with van der Waals surface area (Å²) in [6.45, 7) is 4.49. The lowest BCUT2D eigenvalue weighted by Gasteiger charge is -2.35.